The van der Waals surface area contributed by atoms with E-state index in [1.54, 1.807) is 41.9 Å². The minimum atomic E-state index is -0.513. The van der Waals surface area contributed by atoms with Crippen LogP contribution in [0.25, 0.3) is 0 Å². The smallest absolute Gasteiger partial charge is 0.339 e. The van der Waals surface area contributed by atoms with E-state index in [0.717, 1.165) is 11.3 Å². The van der Waals surface area contributed by atoms with Crippen molar-refractivity contribution in [2.45, 2.75) is 12.8 Å². The van der Waals surface area contributed by atoms with Crippen LogP contribution >= 0.6 is 11.3 Å². The first kappa shape index (κ1) is 14.5. The highest BCUT2D eigenvalue weighted by atomic mass is 32.1. The van der Waals surface area contributed by atoms with Gasteiger partial charge in [0.2, 0.25) is 5.91 Å². The lowest BCUT2D eigenvalue weighted by atomic mass is 9.99. The maximum atomic E-state index is 12.1. The summed E-state index contributed by atoms with van der Waals surface area (Å²) in [5.74, 6) is -1.17. The van der Waals surface area contributed by atoms with Gasteiger partial charge in [-0.3, -0.25) is 9.59 Å². The molecule has 0 bridgehead atoms. The monoisotopic (exact) mass is 315 g/mol. The van der Waals surface area contributed by atoms with Gasteiger partial charge in [0.15, 0.2) is 12.4 Å². The van der Waals surface area contributed by atoms with E-state index in [0.29, 0.717) is 11.1 Å². The number of fused-ring (bicyclic) bond motifs is 1. The molecular weight excluding hydrogens is 302 g/mol. The van der Waals surface area contributed by atoms with Crippen molar-refractivity contribution in [3.8, 4) is 0 Å². The van der Waals surface area contributed by atoms with Gasteiger partial charge in [0.1, 0.15) is 0 Å². The molecule has 5 nitrogen and oxygen atoms in total. The number of ketones is 1. The third kappa shape index (κ3) is 2.65. The Morgan fingerprint density at radius 3 is 2.82 bits per heavy atom. The number of hydrogen-bond donors (Lipinski definition) is 1. The molecule has 1 aliphatic heterocycles. The average Bonchev–Trinajstić information content (AvgIpc) is 3.14. The first-order valence-corrected chi connectivity index (χ1v) is 7.68. The van der Waals surface area contributed by atoms with Gasteiger partial charge < -0.3 is 10.1 Å². The molecule has 6 heteroatoms. The van der Waals surface area contributed by atoms with Crippen molar-refractivity contribution in [1.29, 1.82) is 0 Å². The van der Waals surface area contributed by atoms with Crippen LogP contribution in [0.4, 0.5) is 5.69 Å². The molecule has 1 amide bonds. The number of esters is 1. The van der Waals surface area contributed by atoms with Gasteiger partial charge in [-0.1, -0.05) is 0 Å². The lowest BCUT2D eigenvalue weighted by Crippen LogP contribution is -2.14. The molecule has 0 fully saturated rings. The largest absolute Gasteiger partial charge is 0.454 e. The SMILES string of the molecule is C[C@H]1C(=O)Nc2ccc(C(=O)COC(=O)c3ccsc3)cc21. The van der Waals surface area contributed by atoms with Crippen molar-refractivity contribution in [3.63, 3.8) is 0 Å². The summed E-state index contributed by atoms with van der Waals surface area (Å²) in [5.41, 5.74) is 2.39. The molecule has 0 radical (unpaired) electrons. The van der Waals surface area contributed by atoms with Gasteiger partial charge in [-0.15, -0.1) is 0 Å². The molecule has 0 spiro atoms. The number of rotatable bonds is 4. The van der Waals surface area contributed by atoms with Crippen LogP contribution in [-0.4, -0.2) is 24.3 Å². The van der Waals surface area contributed by atoms with E-state index in [1.165, 1.54) is 11.3 Å². The fourth-order valence-electron chi connectivity index (χ4n) is 2.27. The van der Waals surface area contributed by atoms with Crippen LogP contribution < -0.4 is 5.32 Å². The molecule has 2 heterocycles. The second kappa shape index (κ2) is 5.73. The Balaban J connectivity index is 1.69. The molecule has 2 aromatic rings. The quantitative estimate of drug-likeness (QED) is 0.695. The Hall–Kier alpha value is -2.47. The maximum Gasteiger partial charge on any atom is 0.339 e. The predicted octanol–water partition coefficient (Wildman–Crippen LogP) is 2.84. The molecule has 3 rings (SSSR count). The molecule has 0 unspecified atom stereocenters. The number of carbonyl (C=O) groups is 3. The van der Waals surface area contributed by atoms with E-state index >= 15 is 0 Å². The highest BCUT2D eigenvalue weighted by Gasteiger charge is 2.27. The number of benzene rings is 1. The minimum absolute atomic E-state index is 0.0801. The highest BCUT2D eigenvalue weighted by molar-refractivity contribution is 7.08. The van der Waals surface area contributed by atoms with Gasteiger partial charge in [0.05, 0.1) is 11.5 Å². The van der Waals surface area contributed by atoms with E-state index in [2.05, 4.69) is 5.32 Å². The lowest BCUT2D eigenvalue weighted by Gasteiger charge is -2.06. The van der Waals surface area contributed by atoms with Gasteiger partial charge in [0.25, 0.3) is 0 Å². The molecule has 0 saturated heterocycles. The first-order chi connectivity index (χ1) is 10.6. The van der Waals surface area contributed by atoms with Crippen molar-refractivity contribution in [3.05, 3.63) is 51.7 Å². The molecule has 22 heavy (non-hydrogen) atoms. The Morgan fingerprint density at radius 1 is 1.27 bits per heavy atom. The second-order valence-corrected chi connectivity index (χ2v) is 5.80. The van der Waals surface area contributed by atoms with Crippen LogP contribution in [0.15, 0.2) is 35.0 Å². The van der Waals surface area contributed by atoms with Gasteiger partial charge in [-0.25, -0.2) is 4.79 Å². The van der Waals surface area contributed by atoms with Crippen LogP contribution in [0.3, 0.4) is 0 Å². The van der Waals surface area contributed by atoms with E-state index < -0.39 is 5.97 Å². The Bertz CT molecular complexity index is 752. The number of nitrogens with one attached hydrogen (secondary N) is 1. The summed E-state index contributed by atoms with van der Waals surface area (Å²) in [6.45, 7) is 1.47. The molecule has 0 aliphatic carbocycles. The fraction of sp³-hybridized carbons (Fsp3) is 0.188. The van der Waals surface area contributed by atoms with Gasteiger partial charge in [0, 0.05) is 16.6 Å². The topological polar surface area (TPSA) is 72.5 Å². The van der Waals surface area contributed by atoms with Crippen molar-refractivity contribution in [1.82, 2.24) is 0 Å². The molecule has 1 atom stereocenters. The van der Waals surface area contributed by atoms with Crippen molar-refractivity contribution >= 4 is 34.7 Å². The summed E-state index contributed by atoms with van der Waals surface area (Å²) in [5, 5.41) is 6.18. The zero-order chi connectivity index (χ0) is 15.7. The van der Waals surface area contributed by atoms with Crippen molar-refractivity contribution in [2.24, 2.45) is 0 Å². The van der Waals surface area contributed by atoms with Crippen LogP contribution in [0.1, 0.15) is 39.1 Å². The van der Waals surface area contributed by atoms with Gasteiger partial charge in [-0.05, 0) is 42.1 Å². The molecule has 1 aliphatic rings. The molecular formula is C16H13NO4S. The van der Waals surface area contributed by atoms with E-state index in [1.807, 2.05) is 0 Å². The number of amides is 1. The maximum absolute atomic E-state index is 12.1. The third-order valence-corrected chi connectivity index (χ3v) is 4.27. The standard InChI is InChI=1S/C16H13NO4S/c1-9-12-6-10(2-3-13(12)17-15(9)19)14(18)7-21-16(20)11-4-5-22-8-11/h2-6,8-9H,7H2,1H3,(H,17,19)/t9-/m1/s1. The molecule has 1 aromatic heterocycles. The van der Waals surface area contributed by atoms with E-state index in [9.17, 15) is 14.4 Å². The predicted molar refractivity (Wildman–Crippen MR) is 82.4 cm³/mol. The van der Waals surface area contributed by atoms with Crippen molar-refractivity contribution in [2.75, 3.05) is 11.9 Å². The molecule has 112 valence electrons. The van der Waals surface area contributed by atoms with Crippen LogP contribution in [-0.2, 0) is 9.53 Å². The number of thiophene rings is 1. The Kier molecular flexibility index (Phi) is 3.77. The Labute approximate surface area is 130 Å². The van der Waals surface area contributed by atoms with Crippen LogP contribution in [0.2, 0.25) is 0 Å². The summed E-state index contributed by atoms with van der Waals surface area (Å²) in [4.78, 5) is 35.4. The normalized spacial score (nSPS) is 16.0. The van der Waals surface area contributed by atoms with Crippen LogP contribution in [0.5, 0.6) is 0 Å². The highest BCUT2D eigenvalue weighted by Crippen LogP contribution is 2.32. The first-order valence-electron chi connectivity index (χ1n) is 6.73. The number of hydrogen-bond acceptors (Lipinski definition) is 5. The summed E-state index contributed by atoms with van der Waals surface area (Å²) >= 11 is 1.39. The minimum Gasteiger partial charge on any atom is -0.454 e. The average molecular weight is 315 g/mol. The molecule has 0 saturated carbocycles. The van der Waals surface area contributed by atoms with E-state index in [-0.39, 0.29) is 24.2 Å². The zero-order valence-electron chi connectivity index (χ0n) is 11.8. The zero-order valence-corrected chi connectivity index (χ0v) is 12.6. The summed E-state index contributed by atoms with van der Waals surface area (Å²) < 4.78 is 5.01. The fourth-order valence-corrected chi connectivity index (χ4v) is 2.89. The lowest BCUT2D eigenvalue weighted by molar-refractivity contribution is -0.116. The second-order valence-electron chi connectivity index (χ2n) is 5.02. The molecule has 1 N–H and O–H groups in total. The number of anilines is 1. The molecule has 1 aromatic carbocycles. The summed E-state index contributed by atoms with van der Waals surface area (Å²) in [6, 6.07) is 6.65. The number of carbonyl (C=O) groups excluding carboxylic acids is 3. The summed E-state index contributed by atoms with van der Waals surface area (Å²) in [6.07, 6.45) is 0. The third-order valence-electron chi connectivity index (χ3n) is 3.58. The van der Waals surface area contributed by atoms with Crippen molar-refractivity contribution < 1.29 is 19.1 Å². The van der Waals surface area contributed by atoms with E-state index in [4.69, 9.17) is 4.74 Å². The number of Topliss-reactive ketones (excluding diaryl/α,β-unsaturated/α-hetero) is 1. The summed E-state index contributed by atoms with van der Waals surface area (Å²) in [7, 11) is 0. The van der Waals surface area contributed by atoms with Gasteiger partial charge in [-0.2, -0.15) is 11.3 Å². The van der Waals surface area contributed by atoms with Gasteiger partial charge >= 0.3 is 5.97 Å². The van der Waals surface area contributed by atoms with Crippen LogP contribution in [0, 0.1) is 0 Å². The number of ether oxygens (including phenoxy) is 1. The Morgan fingerprint density at radius 2 is 2.09 bits per heavy atom.